The maximum absolute atomic E-state index is 6.02. The van der Waals surface area contributed by atoms with Crippen LogP contribution in [0.3, 0.4) is 0 Å². The van der Waals surface area contributed by atoms with Crippen LogP contribution >= 0.6 is 23.1 Å². The lowest BCUT2D eigenvalue weighted by Gasteiger charge is -2.29. The summed E-state index contributed by atoms with van der Waals surface area (Å²) < 4.78 is 0. The molecule has 102 valence electrons. The van der Waals surface area contributed by atoms with Crippen LogP contribution in [0.2, 0.25) is 0 Å². The van der Waals surface area contributed by atoms with Crippen molar-refractivity contribution in [2.75, 3.05) is 5.73 Å². The maximum Gasteiger partial charge on any atom is 0.191 e. The highest BCUT2D eigenvalue weighted by molar-refractivity contribution is 7.99. The molecule has 0 aromatic carbocycles. The summed E-state index contributed by atoms with van der Waals surface area (Å²) in [6.45, 7) is 2.29. The average molecular weight is 293 g/mol. The molecule has 2 heterocycles. The molecule has 0 bridgehead atoms. The van der Waals surface area contributed by atoms with E-state index in [1.54, 1.807) is 11.3 Å². The Balaban J connectivity index is 1.83. The summed E-state index contributed by atoms with van der Waals surface area (Å²) in [6, 6.07) is 2.00. The Bertz CT molecular complexity index is 567. The van der Waals surface area contributed by atoms with E-state index < -0.39 is 0 Å². The Labute approximate surface area is 122 Å². The van der Waals surface area contributed by atoms with Gasteiger partial charge in [0.2, 0.25) is 0 Å². The first-order valence-electron chi connectivity index (χ1n) is 6.95. The van der Waals surface area contributed by atoms with Crippen LogP contribution in [0.15, 0.2) is 16.6 Å². The van der Waals surface area contributed by atoms with Crippen molar-refractivity contribution in [2.45, 2.75) is 49.4 Å². The van der Waals surface area contributed by atoms with Gasteiger partial charge in [0.1, 0.15) is 10.6 Å². The SMILES string of the molecule is CCC1CCCCC1Sc1nc(N)c2ccsc2n1. The van der Waals surface area contributed by atoms with Gasteiger partial charge in [0.15, 0.2) is 5.16 Å². The highest BCUT2D eigenvalue weighted by Gasteiger charge is 2.25. The Morgan fingerprint density at radius 1 is 1.37 bits per heavy atom. The van der Waals surface area contributed by atoms with E-state index in [-0.39, 0.29) is 0 Å². The Hall–Kier alpha value is -0.810. The first-order valence-corrected chi connectivity index (χ1v) is 8.71. The third kappa shape index (κ3) is 2.72. The summed E-state index contributed by atoms with van der Waals surface area (Å²) >= 11 is 3.47. The Morgan fingerprint density at radius 2 is 2.21 bits per heavy atom. The molecule has 0 radical (unpaired) electrons. The largest absolute Gasteiger partial charge is 0.383 e. The van der Waals surface area contributed by atoms with Crippen molar-refractivity contribution in [2.24, 2.45) is 5.92 Å². The van der Waals surface area contributed by atoms with Gasteiger partial charge >= 0.3 is 0 Å². The van der Waals surface area contributed by atoms with E-state index in [4.69, 9.17) is 5.73 Å². The average Bonchev–Trinajstić information content (AvgIpc) is 2.88. The number of thiophene rings is 1. The summed E-state index contributed by atoms with van der Waals surface area (Å²) in [4.78, 5) is 10.1. The van der Waals surface area contributed by atoms with Gasteiger partial charge in [-0.3, -0.25) is 0 Å². The third-order valence-corrected chi connectivity index (χ3v) is 6.08. The van der Waals surface area contributed by atoms with Gasteiger partial charge < -0.3 is 5.73 Å². The lowest BCUT2D eigenvalue weighted by molar-refractivity contribution is 0.361. The molecule has 2 unspecified atom stereocenters. The van der Waals surface area contributed by atoms with Crippen LogP contribution in [-0.2, 0) is 0 Å². The Morgan fingerprint density at radius 3 is 3.05 bits per heavy atom. The monoisotopic (exact) mass is 293 g/mol. The fourth-order valence-electron chi connectivity index (χ4n) is 2.84. The number of rotatable bonds is 3. The number of nitrogens with zero attached hydrogens (tertiary/aromatic N) is 2. The molecule has 2 N–H and O–H groups in total. The minimum Gasteiger partial charge on any atom is -0.383 e. The second kappa shape index (κ2) is 5.67. The van der Waals surface area contributed by atoms with Crippen molar-refractivity contribution in [1.82, 2.24) is 9.97 Å². The fourth-order valence-corrected chi connectivity index (χ4v) is 5.04. The van der Waals surface area contributed by atoms with Crippen LogP contribution in [0.5, 0.6) is 0 Å². The van der Waals surface area contributed by atoms with E-state index in [9.17, 15) is 0 Å². The fraction of sp³-hybridized carbons (Fsp3) is 0.571. The van der Waals surface area contributed by atoms with Gasteiger partial charge in [-0.15, -0.1) is 11.3 Å². The predicted molar refractivity (Wildman–Crippen MR) is 83.7 cm³/mol. The topological polar surface area (TPSA) is 51.8 Å². The zero-order chi connectivity index (χ0) is 13.2. The molecule has 2 aromatic rings. The molecule has 1 fully saturated rings. The van der Waals surface area contributed by atoms with Crippen LogP contribution in [0, 0.1) is 5.92 Å². The van der Waals surface area contributed by atoms with E-state index in [1.807, 2.05) is 23.2 Å². The van der Waals surface area contributed by atoms with Crippen LogP contribution in [-0.4, -0.2) is 15.2 Å². The number of nitrogen functional groups attached to an aromatic ring is 1. The van der Waals surface area contributed by atoms with Gasteiger partial charge in [-0.1, -0.05) is 37.9 Å². The lowest BCUT2D eigenvalue weighted by atomic mass is 9.87. The second-order valence-electron chi connectivity index (χ2n) is 5.14. The summed E-state index contributed by atoms with van der Waals surface area (Å²) in [5.41, 5.74) is 6.02. The van der Waals surface area contributed by atoms with Gasteiger partial charge in [0.05, 0.1) is 5.39 Å². The second-order valence-corrected chi connectivity index (χ2v) is 7.24. The molecule has 0 amide bonds. The normalized spacial score (nSPS) is 23.8. The number of aromatic nitrogens is 2. The number of fused-ring (bicyclic) bond motifs is 1. The number of hydrogen-bond donors (Lipinski definition) is 1. The van der Waals surface area contributed by atoms with Crippen molar-refractivity contribution in [1.29, 1.82) is 0 Å². The molecule has 3 nitrogen and oxygen atoms in total. The summed E-state index contributed by atoms with van der Waals surface area (Å²) in [6.07, 6.45) is 6.61. The summed E-state index contributed by atoms with van der Waals surface area (Å²) in [5, 5.41) is 4.54. The van der Waals surface area contributed by atoms with Gasteiger partial charge in [-0.2, -0.15) is 0 Å². The lowest BCUT2D eigenvalue weighted by Crippen LogP contribution is -2.21. The van der Waals surface area contributed by atoms with Crippen LogP contribution in [0.4, 0.5) is 5.82 Å². The zero-order valence-electron chi connectivity index (χ0n) is 11.1. The number of nitrogens with two attached hydrogens (primary N) is 1. The molecule has 1 aliphatic rings. The van der Waals surface area contributed by atoms with Gasteiger partial charge in [-0.25, -0.2) is 9.97 Å². The molecular formula is C14H19N3S2. The molecule has 0 spiro atoms. The molecule has 3 rings (SSSR count). The zero-order valence-corrected chi connectivity index (χ0v) is 12.8. The van der Waals surface area contributed by atoms with Crippen LogP contribution in [0.1, 0.15) is 39.0 Å². The number of hydrogen-bond acceptors (Lipinski definition) is 5. The molecule has 0 aliphatic heterocycles. The van der Waals surface area contributed by atoms with Crippen molar-refractivity contribution in [3.05, 3.63) is 11.4 Å². The first-order chi connectivity index (χ1) is 9.28. The summed E-state index contributed by atoms with van der Waals surface area (Å²) in [7, 11) is 0. The quantitative estimate of drug-likeness (QED) is 0.856. The van der Waals surface area contributed by atoms with E-state index in [2.05, 4.69) is 16.9 Å². The predicted octanol–water partition coefficient (Wildman–Crippen LogP) is 4.33. The van der Waals surface area contributed by atoms with Crippen molar-refractivity contribution in [3.8, 4) is 0 Å². The van der Waals surface area contributed by atoms with E-state index in [0.717, 1.165) is 21.3 Å². The molecule has 5 heteroatoms. The summed E-state index contributed by atoms with van der Waals surface area (Å²) in [5.74, 6) is 1.43. The molecule has 2 atom stereocenters. The van der Waals surface area contributed by atoms with E-state index >= 15 is 0 Å². The first kappa shape index (κ1) is 13.2. The van der Waals surface area contributed by atoms with Crippen LogP contribution in [0.25, 0.3) is 10.2 Å². The van der Waals surface area contributed by atoms with Crippen molar-refractivity contribution in [3.63, 3.8) is 0 Å². The van der Waals surface area contributed by atoms with Crippen molar-refractivity contribution >= 4 is 39.1 Å². The highest BCUT2D eigenvalue weighted by atomic mass is 32.2. The van der Waals surface area contributed by atoms with E-state index in [1.165, 1.54) is 32.1 Å². The standard InChI is InChI=1S/C14H19N3S2/c1-2-9-5-3-4-6-11(9)19-14-16-12(15)10-7-8-18-13(10)17-14/h7-9,11H,2-6H2,1H3,(H2,15,16,17). The van der Waals surface area contributed by atoms with Gasteiger partial charge in [0, 0.05) is 5.25 Å². The van der Waals surface area contributed by atoms with Crippen LogP contribution < -0.4 is 5.73 Å². The molecule has 0 saturated heterocycles. The van der Waals surface area contributed by atoms with Crippen molar-refractivity contribution < 1.29 is 0 Å². The third-order valence-electron chi connectivity index (χ3n) is 3.95. The maximum atomic E-state index is 6.02. The highest BCUT2D eigenvalue weighted by Crippen LogP contribution is 2.38. The molecule has 1 saturated carbocycles. The molecular weight excluding hydrogens is 274 g/mol. The minimum atomic E-state index is 0.623. The Kier molecular flexibility index (Phi) is 3.93. The van der Waals surface area contributed by atoms with Gasteiger partial charge in [0.25, 0.3) is 0 Å². The number of anilines is 1. The molecule has 19 heavy (non-hydrogen) atoms. The van der Waals surface area contributed by atoms with E-state index in [0.29, 0.717) is 11.1 Å². The number of thioether (sulfide) groups is 1. The molecule has 1 aliphatic carbocycles. The molecule has 2 aromatic heterocycles. The smallest absolute Gasteiger partial charge is 0.191 e. The minimum absolute atomic E-state index is 0.623. The van der Waals surface area contributed by atoms with Gasteiger partial charge in [-0.05, 0) is 30.2 Å².